The quantitative estimate of drug-likeness (QED) is 0.892. The van der Waals surface area contributed by atoms with Gasteiger partial charge in [-0.05, 0) is 38.4 Å². The maximum atomic E-state index is 5.81. The van der Waals surface area contributed by atoms with E-state index in [9.17, 15) is 0 Å². The van der Waals surface area contributed by atoms with Gasteiger partial charge in [-0.25, -0.2) is 0 Å². The van der Waals surface area contributed by atoms with Gasteiger partial charge in [0.15, 0.2) is 0 Å². The van der Waals surface area contributed by atoms with E-state index < -0.39 is 0 Å². The number of fused-ring (bicyclic) bond motifs is 1. The Morgan fingerprint density at radius 2 is 2.00 bits per heavy atom. The Morgan fingerprint density at radius 3 is 2.74 bits per heavy atom. The van der Waals surface area contributed by atoms with Crippen molar-refractivity contribution in [2.24, 2.45) is 0 Å². The number of morpholine rings is 1. The highest BCUT2D eigenvalue weighted by Crippen LogP contribution is 2.27. The molecule has 0 radical (unpaired) electrons. The van der Waals surface area contributed by atoms with Crippen LogP contribution in [0.1, 0.15) is 25.0 Å². The van der Waals surface area contributed by atoms with Crippen molar-refractivity contribution in [1.82, 2.24) is 9.80 Å². The second-order valence-electron chi connectivity index (χ2n) is 6.88. The van der Waals surface area contributed by atoms with E-state index in [1.54, 1.807) is 0 Å². The topological polar surface area (TPSA) is 27.7 Å². The molecule has 1 saturated heterocycles. The number of hydrogen-bond donors (Lipinski definition) is 1. The highest BCUT2D eigenvalue weighted by Gasteiger charge is 2.22. The third kappa shape index (κ3) is 4.83. The summed E-state index contributed by atoms with van der Waals surface area (Å²) in [5.41, 5.74) is 4.28. The number of likely N-dealkylation sites (N-methyl/N-ethyl adjacent to an activating group) is 1. The lowest BCUT2D eigenvalue weighted by molar-refractivity contribution is -0.0691. The molecule has 130 valence electrons. The Labute approximate surface area is 146 Å². The van der Waals surface area contributed by atoms with Crippen molar-refractivity contribution in [2.45, 2.75) is 39.0 Å². The average Bonchev–Trinajstić information content (AvgIpc) is 2.94. The van der Waals surface area contributed by atoms with E-state index in [4.69, 9.17) is 4.74 Å². The third-order valence-electron chi connectivity index (χ3n) is 4.67. The van der Waals surface area contributed by atoms with Crippen LogP contribution >= 0.6 is 12.4 Å². The first-order valence-corrected chi connectivity index (χ1v) is 8.53. The maximum absolute atomic E-state index is 5.81. The summed E-state index contributed by atoms with van der Waals surface area (Å²) in [4.78, 5) is 4.96. The van der Waals surface area contributed by atoms with Crippen LogP contribution in [0.3, 0.4) is 0 Å². The number of benzene rings is 1. The highest BCUT2D eigenvalue weighted by molar-refractivity contribution is 5.85. The standard InChI is InChI=1S/C18H29N3O.ClH/c1-14-11-21(12-15(2)22-14)10-9-20(3)13-17-6-4-5-16-7-8-19-18(16)17;/h4-6,14-15,19H,7-13H2,1-3H3;1H/t14-,15+;. The number of halogens is 1. The summed E-state index contributed by atoms with van der Waals surface area (Å²) in [5.74, 6) is 0. The van der Waals surface area contributed by atoms with Crippen LogP contribution in [0.25, 0.3) is 0 Å². The minimum atomic E-state index is 0. The molecule has 23 heavy (non-hydrogen) atoms. The van der Waals surface area contributed by atoms with Gasteiger partial charge in [-0.1, -0.05) is 18.2 Å². The van der Waals surface area contributed by atoms with Crippen molar-refractivity contribution in [3.05, 3.63) is 29.3 Å². The van der Waals surface area contributed by atoms with E-state index in [1.807, 2.05) is 0 Å². The predicted molar refractivity (Wildman–Crippen MR) is 98.7 cm³/mol. The fraction of sp³-hybridized carbons (Fsp3) is 0.667. The second kappa shape index (κ2) is 8.34. The summed E-state index contributed by atoms with van der Waals surface area (Å²) in [7, 11) is 2.22. The van der Waals surface area contributed by atoms with Crippen LogP contribution in [0, 0.1) is 0 Å². The molecule has 2 aliphatic heterocycles. The predicted octanol–water partition coefficient (Wildman–Crippen LogP) is 2.62. The van der Waals surface area contributed by atoms with E-state index in [0.717, 1.165) is 45.7 Å². The summed E-state index contributed by atoms with van der Waals surface area (Å²) < 4.78 is 5.81. The zero-order valence-electron chi connectivity index (χ0n) is 14.5. The Hall–Kier alpha value is -0.810. The van der Waals surface area contributed by atoms with E-state index in [-0.39, 0.29) is 12.4 Å². The molecule has 2 aliphatic rings. The molecular formula is C18H30ClN3O. The van der Waals surface area contributed by atoms with E-state index in [2.05, 4.69) is 54.2 Å². The van der Waals surface area contributed by atoms with Gasteiger partial charge in [0, 0.05) is 45.0 Å². The molecule has 0 unspecified atom stereocenters. The molecule has 4 nitrogen and oxygen atoms in total. The molecular weight excluding hydrogens is 310 g/mol. The van der Waals surface area contributed by atoms with Crippen molar-refractivity contribution in [2.75, 3.05) is 45.1 Å². The minimum Gasteiger partial charge on any atom is -0.384 e. The highest BCUT2D eigenvalue weighted by atomic mass is 35.5. The molecule has 0 bridgehead atoms. The van der Waals surface area contributed by atoms with Crippen molar-refractivity contribution < 1.29 is 4.74 Å². The summed E-state index contributed by atoms with van der Waals surface area (Å²) in [6.45, 7) is 10.8. The van der Waals surface area contributed by atoms with Crippen molar-refractivity contribution in [1.29, 1.82) is 0 Å². The van der Waals surface area contributed by atoms with Crippen LogP contribution in [0.5, 0.6) is 0 Å². The van der Waals surface area contributed by atoms with E-state index in [0.29, 0.717) is 12.2 Å². The van der Waals surface area contributed by atoms with Gasteiger partial charge in [-0.3, -0.25) is 4.90 Å². The first-order chi connectivity index (χ1) is 10.6. The number of nitrogens with one attached hydrogen (secondary N) is 1. The van der Waals surface area contributed by atoms with Crippen LogP contribution in [0.15, 0.2) is 18.2 Å². The smallest absolute Gasteiger partial charge is 0.0678 e. The first-order valence-electron chi connectivity index (χ1n) is 8.53. The van der Waals surface area contributed by atoms with Crippen LogP contribution < -0.4 is 5.32 Å². The van der Waals surface area contributed by atoms with E-state index >= 15 is 0 Å². The number of para-hydroxylation sites is 1. The zero-order chi connectivity index (χ0) is 15.5. The van der Waals surface area contributed by atoms with Gasteiger partial charge >= 0.3 is 0 Å². The monoisotopic (exact) mass is 339 g/mol. The lowest BCUT2D eigenvalue weighted by Crippen LogP contribution is -2.47. The van der Waals surface area contributed by atoms with Crippen molar-refractivity contribution in [3.8, 4) is 0 Å². The number of rotatable bonds is 5. The Balaban J connectivity index is 0.00000192. The van der Waals surface area contributed by atoms with Crippen LogP contribution in [0.2, 0.25) is 0 Å². The van der Waals surface area contributed by atoms with Crippen LogP contribution in [-0.4, -0.2) is 61.8 Å². The molecule has 1 N–H and O–H groups in total. The average molecular weight is 340 g/mol. The lowest BCUT2D eigenvalue weighted by Gasteiger charge is -2.36. The molecule has 1 aromatic carbocycles. The number of anilines is 1. The molecule has 0 aliphatic carbocycles. The van der Waals surface area contributed by atoms with Crippen LogP contribution in [-0.2, 0) is 17.7 Å². The summed E-state index contributed by atoms with van der Waals surface area (Å²) in [5, 5.41) is 3.54. The molecule has 1 fully saturated rings. The Bertz CT molecular complexity index is 501. The molecule has 0 saturated carbocycles. The number of nitrogens with zero attached hydrogens (tertiary/aromatic N) is 2. The normalized spacial score (nSPS) is 24.2. The van der Waals surface area contributed by atoms with Crippen LogP contribution in [0.4, 0.5) is 5.69 Å². The molecule has 0 spiro atoms. The van der Waals surface area contributed by atoms with E-state index in [1.165, 1.54) is 16.8 Å². The molecule has 3 rings (SSSR count). The number of ether oxygens (including phenoxy) is 1. The molecule has 2 heterocycles. The van der Waals surface area contributed by atoms with Crippen molar-refractivity contribution in [3.63, 3.8) is 0 Å². The third-order valence-corrected chi connectivity index (χ3v) is 4.67. The Morgan fingerprint density at radius 1 is 1.26 bits per heavy atom. The molecule has 1 aromatic rings. The zero-order valence-corrected chi connectivity index (χ0v) is 15.4. The van der Waals surface area contributed by atoms with Gasteiger partial charge in [0.1, 0.15) is 0 Å². The van der Waals surface area contributed by atoms with Gasteiger partial charge in [0.25, 0.3) is 0 Å². The molecule has 2 atom stereocenters. The molecule has 0 amide bonds. The van der Waals surface area contributed by atoms with Gasteiger partial charge < -0.3 is 15.0 Å². The maximum Gasteiger partial charge on any atom is 0.0678 e. The minimum absolute atomic E-state index is 0. The Kier molecular flexibility index (Phi) is 6.72. The summed E-state index contributed by atoms with van der Waals surface area (Å²) in [6.07, 6.45) is 1.88. The first kappa shape index (κ1) is 18.5. The van der Waals surface area contributed by atoms with Gasteiger partial charge in [-0.15, -0.1) is 12.4 Å². The van der Waals surface area contributed by atoms with Gasteiger partial charge in [0.2, 0.25) is 0 Å². The number of hydrogen-bond acceptors (Lipinski definition) is 4. The fourth-order valence-electron chi connectivity index (χ4n) is 3.69. The summed E-state index contributed by atoms with van der Waals surface area (Å²) >= 11 is 0. The lowest BCUT2D eigenvalue weighted by atomic mass is 10.1. The van der Waals surface area contributed by atoms with Crippen molar-refractivity contribution >= 4 is 18.1 Å². The van der Waals surface area contributed by atoms with Gasteiger partial charge in [0.05, 0.1) is 12.2 Å². The summed E-state index contributed by atoms with van der Waals surface area (Å²) in [6, 6.07) is 6.70. The SMILES string of the molecule is C[C@@H]1CN(CCN(C)Cc2cccc3c2NCC3)C[C@H](C)O1.Cl. The fourth-order valence-corrected chi connectivity index (χ4v) is 3.69. The largest absolute Gasteiger partial charge is 0.384 e. The molecule has 5 heteroatoms. The molecule has 0 aromatic heterocycles. The second-order valence-corrected chi connectivity index (χ2v) is 6.88. The van der Waals surface area contributed by atoms with Gasteiger partial charge in [-0.2, -0.15) is 0 Å².